The maximum absolute atomic E-state index is 12.6. The number of rotatable bonds is 5. The van der Waals surface area contributed by atoms with Gasteiger partial charge in [-0.2, -0.15) is 0 Å². The van der Waals surface area contributed by atoms with Crippen molar-refractivity contribution in [3.8, 4) is 0 Å². The van der Waals surface area contributed by atoms with Crippen molar-refractivity contribution >= 4 is 33.0 Å². The Morgan fingerprint density at radius 1 is 0.778 bits per heavy atom. The molecule has 0 spiro atoms. The van der Waals surface area contributed by atoms with Crippen molar-refractivity contribution in [3.63, 3.8) is 0 Å². The maximum atomic E-state index is 12.6. The topological polar surface area (TPSA) is 69.7 Å². The molecule has 142 valence electrons. The lowest BCUT2D eigenvalue weighted by molar-refractivity contribution is -0.117. The SMILES string of the molecule is O=C1CCCN1c1ccc(S(=O)(=O)Nc2ccc(N3CCCC3)cc2)cc1. The fourth-order valence-corrected chi connectivity index (χ4v) is 4.71. The fourth-order valence-electron chi connectivity index (χ4n) is 3.66. The molecule has 0 aromatic heterocycles. The number of carbonyl (C=O) groups is 1. The summed E-state index contributed by atoms with van der Waals surface area (Å²) in [4.78, 5) is 16.0. The lowest BCUT2D eigenvalue weighted by Crippen LogP contribution is -2.23. The molecule has 27 heavy (non-hydrogen) atoms. The van der Waals surface area contributed by atoms with Crippen LogP contribution >= 0.6 is 0 Å². The first-order valence-corrected chi connectivity index (χ1v) is 10.8. The highest BCUT2D eigenvalue weighted by atomic mass is 32.2. The molecule has 0 saturated carbocycles. The third kappa shape index (κ3) is 3.78. The number of nitrogens with one attached hydrogen (secondary N) is 1. The van der Waals surface area contributed by atoms with Gasteiger partial charge in [-0.05, 0) is 67.8 Å². The van der Waals surface area contributed by atoms with E-state index in [-0.39, 0.29) is 10.8 Å². The molecule has 2 heterocycles. The van der Waals surface area contributed by atoms with E-state index in [0.717, 1.165) is 30.9 Å². The van der Waals surface area contributed by atoms with Gasteiger partial charge in [-0.15, -0.1) is 0 Å². The molecule has 6 nitrogen and oxygen atoms in total. The van der Waals surface area contributed by atoms with Crippen LogP contribution in [0, 0.1) is 0 Å². The second-order valence-corrected chi connectivity index (χ2v) is 8.67. The van der Waals surface area contributed by atoms with Crippen LogP contribution in [0.2, 0.25) is 0 Å². The first-order valence-electron chi connectivity index (χ1n) is 9.31. The number of sulfonamides is 1. The minimum absolute atomic E-state index is 0.0850. The molecule has 7 heteroatoms. The monoisotopic (exact) mass is 385 g/mol. The number of hydrogen-bond acceptors (Lipinski definition) is 4. The number of nitrogens with zero attached hydrogens (tertiary/aromatic N) is 2. The number of carbonyl (C=O) groups excluding carboxylic acids is 1. The van der Waals surface area contributed by atoms with Gasteiger partial charge in [0, 0.05) is 43.1 Å². The normalized spacial score (nSPS) is 17.6. The van der Waals surface area contributed by atoms with Gasteiger partial charge in [-0.25, -0.2) is 8.42 Å². The second-order valence-electron chi connectivity index (χ2n) is 6.99. The Bertz CT molecular complexity index is 918. The van der Waals surface area contributed by atoms with Crippen molar-refractivity contribution in [1.82, 2.24) is 0 Å². The first kappa shape index (κ1) is 17.9. The van der Waals surface area contributed by atoms with E-state index in [0.29, 0.717) is 18.7 Å². The number of anilines is 3. The summed E-state index contributed by atoms with van der Waals surface area (Å²) in [6, 6.07) is 14.0. The Hall–Kier alpha value is -2.54. The van der Waals surface area contributed by atoms with Gasteiger partial charge in [0.25, 0.3) is 10.0 Å². The molecule has 2 aromatic rings. The highest BCUT2D eigenvalue weighted by molar-refractivity contribution is 7.92. The number of amides is 1. The molecule has 2 aromatic carbocycles. The smallest absolute Gasteiger partial charge is 0.261 e. The molecule has 2 aliphatic heterocycles. The van der Waals surface area contributed by atoms with E-state index in [1.807, 2.05) is 12.1 Å². The van der Waals surface area contributed by atoms with E-state index in [1.165, 1.54) is 12.8 Å². The Morgan fingerprint density at radius 2 is 1.41 bits per heavy atom. The van der Waals surface area contributed by atoms with E-state index >= 15 is 0 Å². The molecule has 2 fully saturated rings. The van der Waals surface area contributed by atoms with Crippen LogP contribution in [-0.4, -0.2) is 34.0 Å². The van der Waals surface area contributed by atoms with Gasteiger partial charge in [0.2, 0.25) is 5.91 Å². The van der Waals surface area contributed by atoms with Crippen LogP contribution in [0.5, 0.6) is 0 Å². The Labute approximate surface area is 159 Å². The van der Waals surface area contributed by atoms with Crippen LogP contribution in [0.15, 0.2) is 53.4 Å². The predicted octanol–water partition coefficient (Wildman–Crippen LogP) is 3.21. The van der Waals surface area contributed by atoms with Crippen LogP contribution in [0.1, 0.15) is 25.7 Å². The molecule has 0 unspecified atom stereocenters. The Morgan fingerprint density at radius 3 is 2.00 bits per heavy atom. The third-order valence-corrected chi connectivity index (χ3v) is 6.52. The van der Waals surface area contributed by atoms with Gasteiger partial charge in [0.05, 0.1) is 4.90 Å². The summed E-state index contributed by atoms with van der Waals surface area (Å²) in [5.74, 6) is 0.0850. The molecule has 2 aliphatic rings. The van der Waals surface area contributed by atoms with E-state index in [2.05, 4.69) is 9.62 Å². The van der Waals surface area contributed by atoms with Crippen LogP contribution in [0.25, 0.3) is 0 Å². The van der Waals surface area contributed by atoms with Crippen LogP contribution in [-0.2, 0) is 14.8 Å². The molecular formula is C20H23N3O3S. The molecule has 0 radical (unpaired) electrons. The van der Waals surface area contributed by atoms with Gasteiger partial charge in [0.15, 0.2) is 0 Å². The maximum Gasteiger partial charge on any atom is 0.261 e. The molecule has 0 bridgehead atoms. The summed E-state index contributed by atoms with van der Waals surface area (Å²) < 4.78 is 27.9. The second kappa shape index (κ2) is 7.23. The number of hydrogen-bond donors (Lipinski definition) is 1. The Kier molecular flexibility index (Phi) is 4.78. The summed E-state index contributed by atoms with van der Waals surface area (Å²) in [7, 11) is -3.67. The summed E-state index contributed by atoms with van der Waals surface area (Å²) in [6.07, 6.45) is 3.80. The van der Waals surface area contributed by atoms with Crippen molar-refractivity contribution < 1.29 is 13.2 Å². The van der Waals surface area contributed by atoms with Crippen LogP contribution in [0.4, 0.5) is 17.1 Å². The van der Waals surface area contributed by atoms with E-state index in [9.17, 15) is 13.2 Å². The van der Waals surface area contributed by atoms with Crippen molar-refractivity contribution in [2.75, 3.05) is 34.2 Å². The van der Waals surface area contributed by atoms with Gasteiger partial charge in [-0.3, -0.25) is 9.52 Å². The van der Waals surface area contributed by atoms with Crippen molar-refractivity contribution in [3.05, 3.63) is 48.5 Å². The van der Waals surface area contributed by atoms with Gasteiger partial charge in [-0.1, -0.05) is 0 Å². The molecule has 4 rings (SSSR count). The average molecular weight is 385 g/mol. The largest absolute Gasteiger partial charge is 0.372 e. The van der Waals surface area contributed by atoms with Gasteiger partial charge >= 0.3 is 0 Å². The highest BCUT2D eigenvalue weighted by Gasteiger charge is 2.22. The predicted molar refractivity (Wildman–Crippen MR) is 107 cm³/mol. The zero-order chi connectivity index (χ0) is 18.9. The Balaban J connectivity index is 1.47. The van der Waals surface area contributed by atoms with E-state index in [1.54, 1.807) is 41.3 Å². The molecule has 0 aliphatic carbocycles. The summed E-state index contributed by atoms with van der Waals surface area (Å²) >= 11 is 0. The minimum Gasteiger partial charge on any atom is -0.372 e. The lowest BCUT2D eigenvalue weighted by atomic mass is 10.2. The first-order chi connectivity index (χ1) is 13.0. The summed E-state index contributed by atoms with van der Waals surface area (Å²) in [5, 5.41) is 0. The highest BCUT2D eigenvalue weighted by Crippen LogP contribution is 2.26. The zero-order valence-corrected chi connectivity index (χ0v) is 15.9. The molecule has 1 amide bonds. The van der Waals surface area contributed by atoms with Crippen molar-refractivity contribution in [2.24, 2.45) is 0 Å². The fraction of sp³-hybridized carbons (Fsp3) is 0.350. The number of benzene rings is 2. The zero-order valence-electron chi connectivity index (χ0n) is 15.1. The van der Waals surface area contributed by atoms with Crippen molar-refractivity contribution in [1.29, 1.82) is 0 Å². The van der Waals surface area contributed by atoms with Crippen LogP contribution in [0.3, 0.4) is 0 Å². The quantitative estimate of drug-likeness (QED) is 0.858. The summed E-state index contributed by atoms with van der Waals surface area (Å²) in [6.45, 7) is 2.79. The minimum atomic E-state index is -3.67. The molecule has 2 saturated heterocycles. The van der Waals surface area contributed by atoms with Crippen LogP contribution < -0.4 is 14.5 Å². The van der Waals surface area contributed by atoms with Gasteiger partial charge < -0.3 is 9.80 Å². The van der Waals surface area contributed by atoms with Gasteiger partial charge in [0.1, 0.15) is 0 Å². The molecule has 0 atom stereocenters. The van der Waals surface area contributed by atoms with E-state index in [4.69, 9.17) is 0 Å². The molecular weight excluding hydrogens is 362 g/mol. The lowest BCUT2D eigenvalue weighted by Gasteiger charge is -2.18. The summed E-state index contributed by atoms with van der Waals surface area (Å²) in [5.41, 5.74) is 2.40. The molecule has 1 N–H and O–H groups in total. The third-order valence-electron chi connectivity index (χ3n) is 5.12. The average Bonchev–Trinajstić information content (AvgIpc) is 3.34. The standard InChI is InChI=1S/C20H23N3O3S/c24-20-4-3-15-23(20)18-9-11-19(12-10-18)27(25,26)21-16-5-7-17(8-6-16)22-13-1-2-14-22/h5-12,21H,1-4,13-15H2. The van der Waals surface area contributed by atoms with E-state index < -0.39 is 10.0 Å². The van der Waals surface area contributed by atoms with Crippen molar-refractivity contribution in [2.45, 2.75) is 30.6 Å².